The summed E-state index contributed by atoms with van der Waals surface area (Å²) in [4.78, 5) is 12.4. The molecule has 162 valence electrons. The number of rotatable bonds is 8. The first-order chi connectivity index (χ1) is 14.4. The van der Waals surface area contributed by atoms with E-state index in [1.165, 1.54) is 12.1 Å². The molecular formula is C23H29FN2O3S. The second kappa shape index (κ2) is 10.7. The number of aryl methyl sites for hydroxylation is 1. The van der Waals surface area contributed by atoms with Crippen LogP contribution in [0.3, 0.4) is 0 Å². The molecule has 3 rings (SSSR count). The summed E-state index contributed by atoms with van der Waals surface area (Å²) in [7, 11) is -3.44. The average Bonchev–Trinajstić information content (AvgIpc) is 3.04. The Morgan fingerprint density at radius 1 is 0.867 bits per heavy atom. The Kier molecular flexibility index (Phi) is 7.99. The lowest BCUT2D eigenvalue weighted by atomic mass is 10.1. The SMILES string of the molecule is O=C(CCc1ccc(S(=O)(=O)N2CCCCCC2)cc1)NCCc1ccc(F)cc1. The molecule has 1 saturated heterocycles. The van der Waals surface area contributed by atoms with Crippen LogP contribution in [0.1, 0.15) is 43.2 Å². The van der Waals surface area contributed by atoms with Gasteiger partial charge in [-0.3, -0.25) is 4.79 Å². The number of carbonyl (C=O) groups is 1. The molecule has 1 heterocycles. The van der Waals surface area contributed by atoms with E-state index in [0.717, 1.165) is 36.8 Å². The van der Waals surface area contributed by atoms with Gasteiger partial charge in [-0.15, -0.1) is 0 Å². The van der Waals surface area contributed by atoms with Gasteiger partial charge in [0, 0.05) is 26.1 Å². The Bertz CT molecular complexity index is 920. The Morgan fingerprint density at radius 3 is 2.07 bits per heavy atom. The number of nitrogens with zero attached hydrogens (tertiary/aromatic N) is 1. The zero-order chi connectivity index (χ0) is 21.4. The number of amides is 1. The molecular weight excluding hydrogens is 403 g/mol. The molecule has 2 aromatic rings. The third-order valence-corrected chi connectivity index (χ3v) is 7.33. The van der Waals surface area contributed by atoms with Crippen molar-refractivity contribution in [1.29, 1.82) is 0 Å². The number of hydrogen-bond donors (Lipinski definition) is 1. The molecule has 0 bridgehead atoms. The minimum atomic E-state index is -3.44. The number of halogens is 1. The van der Waals surface area contributed by atoms with Crippen LogP contribution in [-0.4, -0.2) is 38.3 Å². The molecule has 2 aromatic carbocycles. The van der Waals surface area contributed by atoms with Gasteiger partial charge in [-0.1, -0.05) is 37.1 Å². The van der Waals surface area contributed by atoms with E-state index in [4.69, 9.17) is 0 Å². The van der Waals surface area contributed by atoms with Crippen LogP contribution in [0.25, 0.3) is 0 Å². The molecule has 1 aliphatic heterocycles. The van der Waals surface area contributed by atoms with Gasteiger partial charge in [0.15, 0.2) is 0 Å². The highest BCUT2D eigenvalue weighted by molar-refractivity contribution is 7.89. The summed E-state index contributed by atoms with van der Waals surface area (Å²) in [6, 6.07) is 13.1. The van der Waals surface area contributed by atoms with Gasteiger partial charge in [-0.2, -0.15) is 4.31 Å². The maximum Gasteiger partial charge on any atom is 0.243 e. The van der Waals surface area contributed by atoms with Gasteiger partial charge in [0.25, 0.3) is 0 Å². The molecule has 1 N–H and O–H groups in total. The van der Waals surface area contributed by atoms with Crippen molar-refractivity contribution < 1.29 is 17.6 Å². The van der Waals surface area contributed by atoms with Crippen LogP contribution in [0, 0.1) is 5.82 Å². The van der Waals surface area contributed by atoms with E-state index >= 15 is 0 Å². The lowest BCUT2D eigenvalue weighted by molar-refractivity contribution is -0.121. The zero-order valence-electron chi connectivity index (χ0n) is 17.1. The fraction of sp³-hybridized carbons (Fsp3) is 0.435. The number of nitrogens with one attached hydrogen (secondary N) is 1. The van der Waals surface area contributed by atoms with Crippen molar-refractivity contribution in [2.24, 2.45) is 0 Å². The molecule has 30 heavy (non-hydrogen) atoms. The predicted molar refractivity (Wildman–Crippen MR) is 115 cm³/mol. The molecule has 7 heteroatoms. The minimum absolute atomic E-state index is 0.0571. The second-order valence-corrected chi connectivity index (χ2v) is 9.63. The highest BCUT2D eigenvalue weighted by atomic mass is 32.2. The highest BCUT2D eigenvalue weighted by Gasteiger charge is 2.24. The van der Waals surface area contributed by atoms with E-state index in [1.807, 2.05) is 0 Å². The first-order valence-corrected chi connectivity index (χ1v) is 12.0. The standard InChI is InChI=1S/C23H29FN2O3S/c24-21-10-5-20(6-11-21)15-16-25-23(27)14-9-19-7-12-22(13-8-19)30(28,29)26-17-3-1-2-4-18-26/h5-8,10-13H,1-4,9,14-18H2,(H,25,27). The van der Waals surface area contributed by atoms with E-state index in [1.54, 1.807) is 40.7 Å². The number of hydrogen-bond acceptors (Lipinski definition) is 3. The van der Waals surface area contributed by atoms with Crippen molar-refractivity contribution in [1.82, 2.24) is 9.62 Å². The molecule has 0 atom stereocenters. The van der Waals surface area contributed by atoms with Gasteiger partial charge in [-0.05, 0) is 61.1 Å². The normalized spacial score (nSPS) is 15.5. The Labute approximate surface area is 178 Å². The maximum atomic E-state index is 12.9. The largest absolute Gasteiger partial charge is 0.356 e. The van der Waals surface area contributed by atoms with Crippen molar-refractivity contribution >= 4 is 15.9 Å². The Balaban J connectivity index is 1.45. The molecule has 0 aromatic heterocycles. The molecule has 0 radical (unpaired) electrons. The maximum absolute atomic E-state index is 12.9. The fourth-order valence-electron chi connectivity index (χ4n) is 3.60. The van der Waals surface area contributed by atoms with Crippen LogP contribution in [0.5, 0.6) is 0 Å². The lowest BCUT2D eigenvalue weighted by Crippen LogP contribution is -2.31. The number of carbonyl (C=O) groups excluding carboxylic acids is 1. The summed E-state index contributed by atoms with van der Waals surface area (Å²) in [5.74, 6) is -0.327. The molecule has 1 amide bonds. The molecule has 0 aliphatic carbocycles. The van der Waals surface area contributed by atoms with Crippen LogP contribution < -0.4 is 5.32 Å². The van der Waals surface area contributed by atoms with Crippen LogP contribution in [0.15, 0.2) is 53.4 Å². The van der Waals surface area contributed by atoms with Crippen molar-refractivity contribution in [3.05, 3.63) is 65.5 Å². The predicted octanol–water partition coefficient (Wildman–Crippen LogP) is 3.68. The topological polar surface area (TPSA) is 66.5 Å². The Hall–Kier alpha value is -2.25. The summed E-state index contributed by atoms with van der Waals surface area (Å²) in [6.45, 7) is 1.67. The zero-order valence-corrected chi connectivity index (χ0v) is 18.0. The highest BCUT2D eigenvalue weighted by Crippen LogP contribution is 2.21. The molecule has 0 spiro atoms. The minimum Gasteiger partial charge on any atom is -0.356 e. The fourth-order valence-corrected chi connectivity index (χ4v) is 5.12. The second-order valence-electron chi connectivity index (χ2n) is 7.69. The van der Waals surface area contributed by atoms with Gasteiger partial charge >= 0.3 is 0 Å². The lowest BCUT2D eigenvalue weighted by Gasteiger charge is -2.20. The van der Waals surface area contributed by atoms with Gasteiger partial charge in [0.1, 0.15) is 5.82 Å². The molecule has 1 aliphatic rings. The van der Waals surface area contributed by atoms with E-state index in [0.29, 0.717) is 43.8 Å². The molecule has 0 saturated carbocycles. The number of sulfonamides is 1. The smallest absolute Gasteiger partial charge is 0.243 e. The van der Waals surface area contributed by atoms with Crippen molar-refractivity contribution in [3.63, 3.8) is 0 Å². The summed E-state index contributed by atoms with van der Waals surface area (Å²) >= 11 is 0. The molecule has 0 unspecified atom stereocenters. The average molecular weight is 433 g/mol. The van der Waals surface area contributed by atoms with Crippen molar-refractivity contribution in [2.75, 3.05) is 19.6 Å². The van der Waals surface area contributed by atoms with Crippen LogP contribution in [0.2, 0.25) is 0 Å². The third-order valence-electron chi connectivity index (χ3n) is 5.42. The quantitative estimate of drug-likeness (QED) is 0.692. The summed E-state index contributed by atoms with van der Waals surface area (Å²) in [5.41, 5.74) is 1.90. The summed E-state index contributed by atoms with van der Waals surface area (Å²) in [6.07, 6.45) is 5.51. The van der Waals surface area contributed by atoms with Gasteiger partial charge < -0.3 is 5.32 Å². The summed E-state index contributed by atoms with van der Waals surface area (Å²) < 4.78 is 40.1. The van der Waals surface area contributed by atoms with Gasteiger partial charge in [-0.25, -0.2) is 12.8 Å². The van der Waals surface area contributed by atoms with Gasteiger partial charge in [0.2, 0.25) is 15.9 Å². The van der Waals surface area contributed by atoms with Crippen LogP contribution >= 0.6 is 0 Å². The van der Waals surface area contributed by atoms with Gasteiger partial charge in [0.05, 0.1) is 4.90 Å². The van der Waals surface area contributed by atoms with E-state index < -0.39 is 10.0 Å². The van der Waals surface area contributed by atoms with Crippen LogP contribution in [-0.2, 0) is 27.7 Å². The van der Waals surface area contributed by atoms with E-state index in [9.17, 15) is 17.6 Å². The Morgan fingerprint density at radius 2 is 1.43 bits per heavy atom. The monoisotopic (exact) mass is 432 g/mol. The first kappa shape index (κ1) is 22.4. The number of benzene rings is 2. The first-order valence-electron chi connectivity index (χ1n) is 10.6. The van der Waals surface area contributed by atoms with Crippen molar-refractivity contribution in [3.8, 4) is 0 Å². The van der Waals surface area contributed by atoms with E-state index in [-0.39, 0.29) is 11.7 Å². The van der Waals surface area contributed by atoms with Crippen LogP contribution in [0.4, 0.5) is 4.39 Å². The molecule has 1 fully saturated rings. The van der Waals surface area contributed by atoms with Crippen molar-refractivity contribution in [2.45, 2.75) is 49.8 Å². The molecule has 5 nitrogen and oxygen atoms in total. The van der Waals surface area contributed by atoms with E-state index in [2.05, 4.69) is 5.32 Å². The third kappa shape index (κ3) is 6.37. The summed E-state index contributed by atoms with van der Waals surface area (Å²) in [5, 5.41) is 2.87.